The Morgan fingerprint density at radius 3 is 2.77 bits per heavy atom. The molecule has 13 heavy (non-hydrogen) atoms. The summed E-state index contributed by atoms with van der Waals surface area (Å²) in [6.45, 7) is 3.86. The number of carbonyl (C=O) groups is 1. The van der Waals surface area contributed by atoms with Gasteiger partial charge < -0.3 is 4.74 Å². The second-order valence-corrected chi connectivity index (χ2v) is 3.22. The SMILES string of the molecule is Cc1ccc(C)c(OC(=O)CS)c1. The third kappa shape index (κ3) is 2.77. The van der Waals surface area contributed by atoms with Crippen molar-refractivity contribution < 1.29 is 9.53 Å². The van der Waals surface area contributed by atoms with E-state index in [1.165, 1.54) is 0 Å². The standard InChI is InChI=1S/C10H12O2S/c1-7-3-4-8(2)9(5-7)12-10(11)6-13/h3-5,13H,6H2,1-2H3. The molecule has 0 aliphatic rings. The second-order valence-electron chi connectivity index (χ2n) is 2.90. The fraction of sp³-hybridized carbons (Fsp3) is 0.300. The van der Waals surface area contributed by atoms with Crippen LogP contribution in [0.15, 0.2) is 18.2 Å². The van der Waals surface area contributed by atoms with Crippen LogP contribution in [0.1, 0.15) is 11.1 Å². The van der Waals surface area contributed by atoms with Crippen molar-refractivity contribution in [3.05, 3.63) is 29.3 Å². The molecule has 0 saturated heterocycles. The van der Waals surface area contributed by atoms with Crippen LogP contribution in [0.25, 0.3) is 0 Å². The van der Waals surface area contributed by atoms with Gasteiger partial charge >= 0.3 is 5.97 Å². The molecule has 0 aromatic heterocycles. The minimum absolute atomic E-state index is 0.105. The van der Waals surface area contributed by atoms with Gasteiger partial charge in [-0.3, -0.25) is 4.79 Å². The van der Waals surface area contributed by atoms with E-state index in [0.717, 1.165) is 11.1 Å². The van der Waals surface area contributed by atoms with Crippen LogP contribution in [0.5, 0.6) is 5.75 Å². The molecule has 3 heteroatoms. The van der Waals surface area contributed by atoms with Gasteiger partial charge in [0.15, 0.2) is 0 Å². The van der Waals surface area contributed by atoms with Gasteiger partial charge in [0.05, 0.1) is 5.75 Å². The van der Waals surface area contributed by atoms with Gasteiger partial charge in [-0.1, -0.05) is 12.1 Å². The van der Waals surface area contributed by atoms with Crippen molar-refractivity contribution in [1.82, 2.24) is 0 Å². The Bertz CT molecular complexity index is 321. The molecule has 0 aliphatic heterocycles. The number of carbonyl (C=O) groups excluding carboxylic acids is 1. The van der Waals surface area contributed by atoms with Crippen molar-refractivity contribution in [1.29, 1.82) is 0 Å². The molecule has 0 atom stereocenters. The molecule has 2 nitrogen and oxygen atoms in total. The van der Waals surface area contributed by atoms with Crippen LogP contribution < -0.4 is 4.74 Å². The lowest BCUT2D eigenvalue weighted by atomic mass is 10.1. The molecule has 0 unspecified atom stereocenters. The molecule has 0 spiro atoms. The van der Waals surface area contributed by atoms with Gasteiger partial charge in [-0.05, 0) is 31.0 Å². The van der Waals surface area contributed by atoms with Gasteiger partial charge in [0.1, 0.15) is 5.75 Å². The molecule has 0 aliphatic carbocycles. The summed E-state index contributed by atoms with van der Waals surface area (Å²) in [5.41, 5.74) is 2.04. The fourth-order valence-corrected chi connectivity index (χ4v) is 1.04. The lowest BCUT2D eigenvalue weighted by Gasteiger charge is -2.06. The molecular weight excluding hydrogens is 184 g/mol. The first kappa shape index (κ1) is 10.1. The maximum atomic E-state index is 10.9. The zero-order valence-electron chi connectivity index (χ0n) is 7.70. The van der Waals surface area contributed by atoms with Crippen molar-refractivity contribution in [2.75, 3.05) is 5.75 Å². The maximum Gasteiger partial charge on any atom is 0.321 e. The van der Waals surface area contributed by atoms with E-state index >= 15 is 0 Å². The Balaban J connectivity index is 2.87. The quantitative estimate of drug-likeness (QED) is 0.445. The number of hydrogen-bond donors (Lipinski definition) is 1. The maximum absolute atomic E-state index is 10.9. The summed E-state index contributed by atoms with van der Waals surface area (Å²) in [6.07, 6.45) is 0. The van der Waals surface area contributed by atoms with Gasteiger partial charge in [0.2, 0.25) is 0 Å². The predicted molar refractivity (Wildman–Crippen MR) is 55.4 cm³/mol. The first-order chi connectivity index (χ1) is 6.13. The van der Waals surface area contributed by atoms with Crippen molar-refractivity contribution in [3.63, 3.8) is 0 Å². The molecule has 0 fully saturated rings. The number of benzene rings is 1. The zero-order chi connectivity index (χ0) is 9.84. The van der Waals surface area contributed by atoms with E-state index in [2.05, 4.69) is 12.6 Å². The van der Waals surface area contributed by atoms with Crippen LogP contribution in [-0.4, -0.2) is 11.7 Å². The Kier molecular flexibility index (Phi) is 3.37. The highest BCUT2D eigenvalue weighted by molar-refractivity contribution is 7.81. The molecule has 0 heterocycles. The summed E-state index contributed by atoms with van der Waals surface area (Å²) in [5.74, 6) is 0.406. The Morgan fingerprint density at radius 2 is 2.15 bits per heavy atom. The zero-order valence-corrected chi connectivity index (χ0v) is 8.60. The van der Waals surface area contributed by atoms with Crippen molar-refractivity contribution in [3.8, 4) is 5.75 Å². The Hall–Kier alpha value is -0.960. The van der Waals surface area contributed by atoms with Crippen molar-refractivity contribution >= 4 is 18.6 Å². The van der Waals surface area contributed by atoms with Crippen molar-refractivity contribution in [2.45, 2.75) is 13.8 Å². The first-order valence-corrected chi connectivity index (χ1v) is 4.65. The van der Waals surface area contributed by atoms with Gasteiger partial charge in [-0.15, -0.1) is 0 Å². The number of aryl methyl sites for hydroxylation is 2. The molecule has 0 N–H and O–H groups in total. The van der Waals surface area contributed by atoms with E-state index in [4.69, 9.17) is 4.74 Å². The summed E-state index contributed by atoms with van der Waals surface area (Å²) in [7, 11) is 0. The van der Waals surface area contributed by atoms with E-state index < -0.39 is 0 Å². The highest BCUT2D eigenvalue weighted by atomic mass is 32.1. The average Bonchev–Trinajstić information content (AvgIpc) is 2.11. The highest BCUT2D eigenvalue weighted by Crippen LogP contribution is 2.19. The van der Waals surface area contributed by atoms with E-state index in [0.29, 0.717) is 5.75 Å². The van der Waals surface area contributed by atoms with E-state index in [-0.39, 0.29) is 11.7 Å². The smallest absolute Gasteiger partial charge is 0.321 e. The van der Waals surface area contributed by atoms with Crippen molar-refractivity contribution in [2.24, 2.45) is 0 Å². The van der Waals surface area contributed by atoms with Crippen LogP contribution in [0.2, 0.25) is 0 Å². The molecule has 70 valence electrons. The van der Waals surface area contributed by atoms with Gasteiger partial charge in [0, 0.05) is 0 Å². The summed E-state index contributed by atoms with van der Waals surface area (Å²) in [5, 5.41) is 0. The summed E-state index contributed by atoms with van der Waals surface area (Å²) in [6, 6.07) is 5.75. The van der Waals surface area contributed by atoms with Crippen LogP contribution in [0.4, 0.5) is 0 Å². The molecule has 1 aromatic rings. The normalized spacial score (nSPS) is 9.77. The fourth-order valence-electron chi connectivity index (χ4n) is 0.972. The summed E-state index contributed by atoms with van der Waals surface area (Å²) < 4.78 is 5.06. The number of hydrogen-bond acceptors (Lipinski definition) is 3. The largest absolute Gasteiger partial charge is 0.426 e. The van der Waals surface area contributed by atoms with E-state index in [9.17, 15) is 4.79 Å². The molecule has 0 amide bonds. The molecule has 0 bridgehead atoms. The third-order valence-electron chi connectivity index (χ3n) is 1.70. The molecular formula is C10H12O2S. The second kappa shape index (κ2) is 4.33. The monoisotopic (exact) mass is 196 g/mol. The summed E-state index contributed by atoms with van der Waals surface area (Å²) in [4.78, 5) is 10.9. The number of ether oxygens (including phenoxy) is 1. The van der Waals surface area contributed by atoms with Gasteiger partial charge in [-0.2, -0.15) is 12.6 Å². The van der Waals surface area contributed by atoms with E-state index in [1.54, 1.807) is 0 Å². The minimum Gasteiger partial charge on any atom is -0.426 e. The molecule has 1 rings (SSSR count). The van der Waals surface area contributed by atoms with Crippen LogP contribution >= 0.6 is 12.6 Å². The lowest BCUT2D eigenvalue weighted by Crippen LogP contribution is -2.09. The third-order valence-corrected chi connectivity index (χ3v) is 1.95. The molecule has 1 aromatic carbocycles. The Morgan fingerprint density at radius 1 is 1.46 bits per heavy atom. The molecule has 0 saturated carbocycles. The first-order valence-electron chi connectivity index (χ1n) is 4.02. The lowest BCUT2D eigenvalue weighted by molar-refractivity contribution is -0.131. The Labute approximate surface area is 83.3 Å². The minimum atomic E-state index is -0.322. The number of thiol groups is 1. The highest BCUT2D eigenvalue weighted by Gasteiger charge is 2.04. The van der Waals surface area contributed by atoms with Gasteiger partial charge in [0.25, 0.3) is 0 Å². The molecule has 0 radical (unpaired) electrons. The topological polar surface area (TPSA) is 26.3 Å². The van der Waals surface area contributed by atoms with Gasteiger partial charge in [-0.25, -0.2) is 0 Å². The average molecular weight is 196 g/mol. The van der Waals surface area contributed by atoms with E-state index in [1.807, 2.05) is 32.0 Å². The number of esters is 1. The van der Waals surface area contributed by atoms with Crippen LogP contribution in [0.3, 0.4) is 0 Å². The number of rotatable bonds is 2. The van der Waals surface area contributed by atoms with Crippen LogP contribution in [0, 0.1) is 13.8 Å². The van der Waals surface area contributed by atoms with Crippen LogP contribution in [-0.2, 0) is 4.79 Å². The summed E-state index contributed by atoms with van der Waals surface area (Å²) >= 11 is 3.83. The predicted octanol–water partition coefficient (Wildman–Crippen LogP) is 2.14.